The van der Waals surface area contributed by atoms with Crippen LogP contribution in [0.15, 0.2) is 40.6 Å². The highest BCUT2D eigenvalue weighted by Crippen LogP contribution is 2.27. The Kier molecular flexibility index (Phi) is 6.92. The molecule has 1 aliphatic rings. The Morgan fingerprint density at radius 2 is 2.00 bits per heavy atom. The van der Waals surface area contributed by atoms with Crippen molar-refractivity contribution in [1.29, 1.82) is 5.26 Å². The molecule has 3 rings (SSSR count). The van der Waals surface area contributed by atoms with E-state index >= 15 is 0 Å². The van der Waals surface area contributed by atoms with Gasteiger partial charge >= 0.3 is 5.97 Å². The molecule has 1 aromatic heterocycles. The predicted molar refractivity (Wildman–Crippen MR) is 110 cm³/mol. The molecule has 1 amide bonds. The molecule has 0 unspecified atom stereocenters. The molecule has 1 aromatic carbocycles. The van der Waals surface area contributed by atoms with Gasteiger partial charge in [-0.15, -0.1) is 11.3 Å². The first kappa shape index (κ1) is 21.3. The Labute approximate surface area is 176 Å². The second kappa shape index (κ2) is 9.41. The van der Waals surface area contributed by atoms with Gasteiger partial charge in [0.1, 0.15) is 9.77 Å². The lowest BCUT2D eigenvalue weighted by molar-refractivity contribution is -0.119. The lowest BCUT2D eigenvalue weighted by Gasteiger charge is -2.25. The molecule has 0 atom stereocenters. The Hall–Kier alpha value is -2.39. The Morgan fingerprint density at radius 1 is 1.24 bits per heavy atom. The molecule has 0 radical (unpaired) electrons. The topological polar surface area (TPSA) is 117 Å². The molecule has 1 fully saturated rings. The molecule has 29 heavy (non-hydrogen) atoms. The summed E-state index contributed by atoms with van der Waals surface area (Å²) in [5.74, 6) is -0.0551. The number of sulfonamides is 1. The van der Waals surface area contributed by atoms with Crippen LogP contribution >= 0.6 is 23.1 Å². The maximum absolute atomic E-state index is 12.8. The maximum Gasteiger partial charge on any atom is 0.350 e. The number of thiophene rings is 1. The van der Waals surface area contributed by atoms with E-state index in [1.165, 1.54) is 21.8 Å². The van der Waals surface area contributed by atoms with Crippen molar-refractivity contribution in [3.63, 3.8) is 0 Å². The van der Waals surface area contributed by atoms with Crippen LogP contribution in [0.4, 0.5) is 5.69 Å². The molecule has 2 heterocycles. The zero-order valence-corrected chi connectivity index (χ0v) is 17.6. The van der Waals surface area contributed by atoms with Crippen LogP contribution in [0.1, 0.15) is 15.2 Å². The number of nitrogens with zero attached hydrogens (tertiary/aromatic N) is 2. The SMILES string of the molecule is N#Cc1cccc(NC(=O)COC(=O)c2sccc2S(=O)(=O)N2CCSCC2)c1. The van der Waals surface area contributed by atoms with E-state index in [0.29, 0.717) is 35.8 Å². The number of rotatable bonds is 6. The Bertz CT molecular complexity index is 1050. The highest BCUT2D eigenvalue weighted by molar-refractivity contribution is 7.99. The molecule has 8 nitrogen and oxygen atoms in total. The highest BCUT2D eigenvalue weighted by Gasteiger charge is 2.31. The summed E-state index contributed by atoms with van der Waals surface area (Å²) in [5, 5.41) is 12.9. The number of carbonyl (C=O) groups excluding carboxylic acids is 2. The quantitative estimate of drug-likeness (QED) is 0.669. The number of benzene rings is 1. The summed E-state index contributed by atoms with van der Waals surface area (Å²) in [6.07, 6.45) is 0. The summed E-state index contributed by atoms with van der Waals surface area (Å²) in [7, 11) is -3.79. The van der Waals surface area contributed by atoms with Crippen LogP contribution in [-0.4, -0.2) is 55.8 Å². The molecular formula is C18H17N3O5S3. The van der Waals surface area contributed by atoms with Crippen LogP contribution in [0.25, 0.3) is 0 Å². The van der Waals surface area contributed by atoms with Gasteiger partial charge in [0.15, 0.2) is 6.61 Å². The average Bonchev–Trinajstić information content (AvgIpc) is 3.24. The second-order valence-corrected chi connectivity index (χ2v) is 9.99. The van der Waals surface area contributed by atoms with Gasteiger partial charge < -0.3 is 10.1 Å². The van der Waals surface area contributed by atoms with Crippen molar-refractivity contribution in [2.75, 3.05) is 36.5 Å². The number of nitriles is 1. The Morgan fingerprint density at radius 3 is 2.72 bits per heavy atom. The molecule has 152 valence electrons. The Balaban J connectivity index is 1.64. The molecule has 2 aromatic rings. The summed E-state index contributed by atoms with van der Waals surface area (Å²) in [5.41, 5.74) is 0.775. The number of thioether (sulfide) groups is 1. The highest BCUT2D eigenvalue weighted by atomic mass is 32.2. The van der Waals surface area contributed by atoms with Crippen molar-refractivity contribution in [2.24, 2.45) is 0 Å². The maximum atomic E-state index is 12.8. The van der Waals surface area contributed by atoms with Crippen molar-refractivity contribution in [3.8, 4) is 6.07 Å². The fourth-order valence-corrected chi connectivity index (χ4v) is 6.49. The van der Waals surface area contributed by atoms with Crippen molar-refractivity contribution < 1.29 is 22.7 Å². The van der Waals surface area contributed by atoms with Gasteiger partial charge in [-0.2, -0.15) is 21.3 Å². The molecular weight excluding hydrogens is 434 g/mol. The number of hydrogen-bond acceptors (Lipinski definition) is 8. The first-order valence-corrected chi connectivity index (χ1v) is 12.0. The number of ether oxygens (including phenoxy) is 1. The van der Waals surface area contributed by atoms with Gasteiger partial charge in [-0.25, -0.2) is 13.2 Å². The zero-order valence-electron chi connectivity index (χ0n) is 15.2. The van der Waals surface area contributed by atoms with Gasteiger partial charge in [0, 0.05) is 30.3 Å². The number of carbonyl (C=O) groups is 2. The minimum atomic E-state index is -3.79. The van der Waals surface area contributed by atoms with Crippen molar-refractivity contribution >= 4 is 50.7 Å². The molecule has 11 heteroatoms. The average molecular weight is 452 g/mol. The monoisotopic (exact) mass is 451 g/mol. The van der Waals surface area contributed by atoms with E-state index in [0.717, 1.165) is 11.3 Å². The molecule has 1 aliphatic heterocycles. The first-order valence-electron chi connectivity index (χ1n) is 8.54. The van der Waals surface area contributed by atoms with Gasteiger partial charge in [0.05, 0.1) is 11.6 Å². The van der Waals surface area contributed by atoms with Gasteiger partial charge in [-0.05, 0) is 29.6 Å². The van der Waals surface area contributed by atoms with Crippen LogP contribution in [0.2, 0.25) is 0 Å². The fourth-order valence-electron chi connectivity index (χ4n) is 2.64. The van der Waals surface area contributed by atoms with Gasteiger partial charge in [-0.1, -0.05) is 6.07 Å². The lowest BCUT2D eigenvalue weighted by atomic mass is 10.2. The van der Waals surface area contributed by atoms with Gasteiger partial charge in [-0.3, -0.25) is 4.79 Å². The van der Waals surface area contributed by atoms with Crippen LogP contribution in [0.5, 0.6) is 0 Å². The smallest absolute Gasteiger partial charge is 0.350 e. The summed E-state index contributed by atoms with van der Waals surface area (Å²) in [6.45, 7) is 0.205. The molecule has 0 aliphatic carbocycles. The lowest BCUT2D eigenvalue weighted by Crippen LogP contribution is -2.38. The van der Waals surface area contributed by atoms with Crippen molar-refractivity contribution in [2.45, 2.75) is 4.90 Å². The summed E-state index contributed by atoms with van der Waals surface area (Å²) < 4.78 is 32.0. The van der Waals surface area contributed by atoms with E-state index < -0.39 is 28.5 Å². The number of nitrogens with one attached hydrogen (secondary N) is 1. The third-order valence-corrected chi connectivity index (χ3v) is 7.92. The summed E-state index contributed by atoms with van der Waals surface area (Å²) in [6, 6.07) is 9.63. The van der Waals surface area contributed by atoms with Crippen LogP contribution in [-0.2, 0) is 19.6 Å². The number of hydrogen-bond donors (Lipinski definition) is 1. The van der Waals surface area contributed by atoms with E-state index in [2.05, 4.69) is 5.32 Å². The summed E-state index contributed by atoms with van der Waals surface area (Å²) in [4.78, 5) is 24.3. The van der Waals surface area contributed by atoms with E-state index in [1.807, 2.05) is 6.07 Å². The van der Waals surface area contributed by atoms with E-state index in [-0.39, 0.29) is 9.77 Å². The van der Waals surface area contributed by atoms with E-state index in [9.17, 15) is 18.0 Å². The van der Waals surface area contributed by atoms with Crippen LogP contribution in [0.3, 0.4) is 0 Å². The standard InChI is InChI=1S/C18H17N3O5S3/c19-11-13-2-1-3-14(10-13)20-16(22)12-26-18(23)17-15(4-7-28-17)29(24,25)21-5-8-27-9-6-21/h1-4,7,10H,5-6,8-9,12H2,(H,20,22). The summed E-state index contributed by atoms with van der Waals surface area (Å²) >= 11 is 2.64. The van der Waals surface area contributed by atoms with Crippen LogP contribution < -0.4 is 5.32 Å². The molecule has 0 bridgehead atoms. The molecule has 0 spiro atoms. The predicted octanol–water partition coefficient (Wildman–Crippen LogP) is 2.15. The molecule has 1 saturated heterocycles. The van der Waals surface area contributed by atoms with E-state index in [1.54, 1.807) is 30.0 Å². The number of anilines is 1. The van der Waals surface area contributed by atoms with Crippen LogP contribution in [0, 0.1) is 11.3 Å². The molecule has 0 saturated carbocycles. The van der Waals surface area contributed by atoms with Gasteiger partial charge in [0.25, 0.3) is 5.91 Å². The fraction of sp³-hybridized carbons (Fsp3) is 0.278. The van der Waals surface area contributed by atoms with Crippen molar-refractivity contribution in [3.05, 3.63) is 46.2 Å². The first-order chi connectivity index (χ1) is 13.9. The van der Waals surface area contributed by atoms with Gasteiger partial charge in [0.2, 0.25) is 10.0 Å². The zero-order chi connectivity index (χ0) is 20.9. The second-order valence-electron chi connectivity index (χ2n) is 5.95. The number of esters is 1. The number of amides is 1. The third kappa shape index (κ3) is 5.16. The van der Waals surface area contributed by atoms with E-state index in [4.69, 9.17) is 10.00 Å². The normalized spacial score (nSPS) is 14.7. The third-order valence-electron chi connectivity index (χ3n) is 4.01. The largest absolute Gasteiger partial charge is 0.451 e. The minimum absolute atomic E-state index is 0.0532. The van der Waals surface area contributed by atoms with Crippen molar-refractivity contribution in [1.82, 2.24) is 4.31 Å². The molecule has 1 N–H and O–H groups in total. The minimum Gasteiger partial charge on any atom is -0.451 e.